The molecule has 4 rings (SSSR count). The molecule has 2 aromatic carbocycles. The summed E-state index contributed by atoms with van der Waals surface area (Å²) >= 11 is 6.90. The van der Waals surface area contributed by atoms with E-state index in [1.807, 2.05) is 24.3 Å². The number of hydrogen-bond donors (Lipinski definition) is 3. The van der Waals surface area contributed by atoms with Gasteiger partial charge < -0.3 is 19.8 Å². The van der Waals surface area contributed by atoms with Gasteiger partial charge in [-0.2, -0.15) is 0 Å². The quantitative estimate of drug-likeness (QED) is 0.345. The summed E-state index contributed by atoms with van der Waals surface area (Å²) in [5, 5.41) is 21.7. The molecular weight excluding hydrogens is 440 g/mol. The molecule has 1 atom stereocenters. The number of aromatic amines is 1. The second-order valence-corrected chi connectivity index (χ2v) is 8.05. The molecule has 0 aliphatic carbocycles. The van der Waals surface area contributed by atoms with Crippen molar-refractivity contribution in [1.82, 2.24) is 20.5 Å². The van der Waals surface area contributed by atoms with E-state index in [4.69, 9.17) is 16.0 Å². The number of aromatic nitrogens is 3. The highest BCUT2D eigenvalue weighted by Crippen LogP contribution is 2.24. The van der Waals surface area contributed by atoms with E-state index in [1.165, 1.54) is 0 Å². The van der Waals surface area contributed by atoms with E-state index in [1.54, 1.807) is 30.5 Å². The number of benzene rings is 2. The molecule has 0 bridgehead atoms. The third-order valence-electron chi connectivity index (χ3n) is 4.56. The minimum absolute atomic E-state index is 0.0556. The molecule has 0 saturated carbocycles. The van der Waals surface area contributed by atoms with Gasteiger partial charge in [0.15, 0.2) is 0 Å². The number of amides is 1. The molecular formula is C21H17ClN4O4S. The first-order valence-electron chi connectivity index (χ1n) is 9.29. The van der Waals surface area contributed by atoms with E-state index in [-0.39, 0.29) is 17.4 Å². The van der Waals surface area contributed by atoms with Crippen molar-refractivity contribution in [3.05, 3.63) is 65.3 Å². The predicted octanol–water partition coefficient (Wildman–Crippen LogP) is 3.78. The van der Waals surface area contributed by atoms with Gasteiger partial charge in [0.2, 0.25) is 11.8 Å². The van der Waals surface area contributed by atoms with Crippen LogP contribution in [0.4, 0.5) is 0 Å². The maximum Gasteiger partial charge on any atom is 0.326 e. The van der Waals surface area contributed by atoms with Crippen LogP contribution in [0.3, 0.4) is 0 Å². The molecule has 31 heavy (non-hydrogen) atoms. The number of carboxylic acids is 1. The molecule has 0 radical (unpaired) electrons. The zero-order valence-corrected chi connectivity index (χ0v) is 17.6. The van der Waals surface area contributed by atoms with Crippen molar-refractivity contribution < 1.29 is 19.1 Å². The summed E-state index contributed by atoms with van der Waals surface area (Å²) in [7, 11) is 0. The van der Waals surface area contributed by atoms with Crippen LogP contribution in [0, 0.1) is 0 Å². The number of carboxylic acid groups (broad SMARTS) is 1. The van der Waals surface area contributed by atoms with Crippen LogP contribution in [0.1, 0.15) is 5.56 Å². The number of rotatable bonds is 8. The summed E-state index contributed by atoms with van der Waals surface area (Å²) in [6.07, 6.45) is 1.93. The molecule has 4 aromatic rings. The van der Waals surface area contributed by atoms with Gasteiger partial charge in [0.05, 0.1) is 5.75 Å². The Balaban J connectivity index is 1.35. The van der Waals surface area contributed by atoms with Gasteiger partial charge in [0, 0.05) is 34.1 Å². The summed E-state index contributed by atoms with van der Waals surface area (Å²) < 4.78 is 5.54. The van der Waals surface area contributed by atoms with Crippen LogP contribution in [0.5, 0.6) is 0 Å². The average Bonchev–Trinajstić information content (AvgIpc) is 3.40. The molecule has 0 fully saturated rings. The van der Waals surface area contributed by atoms with Crippen LogP contribution in [-0.2, 0) is 16.0 Å². The summed E-state index contributed by atoms with van der Waals surface area (Å²) in [4.78, 5) is 27.1. The topological polar surface area (TPSA) is 121 Å². The van der Waals surface area contributed by atoms with Gasteiger partial charge in [-0.15, -0.1) is 10.2 Å². The number of fused-ring (bicyclic) bond motifs is 1. The van der Waals surface area contributed by atoms with Gasteiger partial charge in [-0.25, -0.2) is 4.79 Å². The average molecular weight is 457 g/mol. The monoisotopic (exact) mass is 456 g/mol. The lowest BCUT2D eigenvalue weighted by Crippen LogP contribution is -2.43. The van der Waals surface area contributed by atoms with E-state index in [9.17, 15) is 14.7 Å². The molecule has 0 aliphatic heterocycles. The zero-order valence-electron chi connectivity index (χ0n) is 16.0. The Bertz CT molecular complexity index is 1220. The third-order valence-corrected chi connectivity index (χ3v) is 5.63. The fourth-order valence-corrected chi connectivity index (χ4v) is 3.76. The Hall–Kier alpha value is -3.30. The van der Waals surface area contributed by atoms with Gasteiger partial charge in [-0.05, 0) is 35.9 Å². The standard InChI is InChI=1S/C21H17ClN4O4S/c22-14-7-5-12(6-8-14)19-25-26-21(30-19)31-11-18(27)24-17(20(28)29)9-13-10-23-16-4-2-1-3-15(13)16/h1-8,10,17,23H,9,11H2,(H,24,27)(H,28,29)/t17-/m0/s1. The van der Waals surface area contributed by atoms with Gasteiger partial charge in [0.25, 0.3) is 5.22 Å². The Labute approximate surface area is 186 Å². The number of hydrogen-bond acceptors (Lipinski definition) is 6. The SMILES string of the molecule is O=C(CSc1nnc(-c2ccc(Cl)cc2)o1)N[C@@H](Cc1c[nH]c2ccccc12)C(=O)O. The third kappa shape index (κ3) is 5.07. The first kappa shape index (κ1) is 21.0. The van der Waals surface area contributed by atoms with Crippen molar-refractivity contribution in [3.8, 4) is 11.5 Å². The normalized spacial score (nSPS) is 12.0. The molecule has 2 aromatic heterocycles. The van der Waals surface area contributed by atoms with Gasteiger partial charge in [-0.1, -0.05) is 41.6 Å². The summed E-state index contributed by atoms with van der Waals surface area (Å²) in [5.41, 5.74) is 2.44. The fourth-order valence-electron chi connectivity index (χ4n) is 3.06. The van der Waals surface area contributed by atoms with Crippen LogP contribution >= 0.6 is 23.4 Å². The number of nitrogens with zero attached hydrogens (tertiary/aromatic N) is 2. The molecule has 2 heterocycles. The molecule has 158 valence electrons. The molecule has 8 nitrogen and oxygen atoms in total. The van der Waals surface area contributed by atoms with E-state index in [2.05, 4.69) is 20.5 Å². The number of para-hydroxylation sites is 1. The van der Waals surface area contributed by atoms with Crippen LogP contribution < -0.4 is 5.32 Å². The minimum Gasteiger partial charge on any atom is -0.480 e. The van der Waals surface area contributed by atoms with Crippen molar-refractivity contribution in [3.63, 3.8) is 0 Å². The summed E-state index contributed by atoms with van der Waals surface area (Å²) in [6, 6.07) is 13.5. The highest BCUT2D eigenvalue weighted by molar-refractivity contribution is 7.99. The van der Waals surface area contributed by atoms with E-state index in [0.29, 0.717) is 16.5 Å². The highest BCUT2D eigenvalue weighted by Gasteiger charge is 2.22. The summed E-state index contributed by atoms with van der Waals surface area (Å²) in [6.45, 7) is 0. The molecule has 0 unspecified atom stereocenters. The molecule has 0 aliphatic rings. The van der Waals surface area contributed by atoms with Gasteiger partial charge >= 0.3 is 5.97 Å². The highest BCUT2D eigenvalue weighted by atomic mass is 35.5. The van der Waals surface area contributed by atoms with Crippen LogP contribution in [0.15, 0.2) is 64.4 Å². The number of nitrogens with one attached hydrogen (secondary N) is 2. The van der Waals surface area contributed by atoms with Crippen molar-refractivity contribution >= 4 is 46.1 Å². The number of carbonyl (C=O) groups is 2. The van der Waals surface area contributed by atoms with Crippen molar-refractivity contribution in [2.75, 3.05) is 5.75 Å². The Morgan fingerprint density at radius 2 is 1.94 bits per heavy atom. The number of carbonyl (C=O) groups excluding carboxylic acids is 1. The second kappa shape index (κ2) is 9.23. The van der Waals surface area contributed by atoms with Crippen molar-refractivity contribution in [2.45, 2.75) is 17.7 Å². The van der Waals surface area contributed by atoms with E-state index < -0.39 is 17.9 Å². The largest absolute Gasteiger partial charge is 0.480 e. The second-order valence-electron chi connectivity index (χ2n) is 6.69. The van der Waals surface area contributed by atoms with Crippen LogP contribution in [-0.4, -0.2) is 44.0 Å². The first-order valence-corrected chi connectivity index (χ1v) is 10.7. The number of thioether (sulfide) groups is 1. The molecule has 1 amide bonds. The van der Waals surface area contributed by atoms with Crippen LogP contribution in [0.25, 0.3) is 22.4 Å². The predicted molar refractivity (Wildman–Crippen MR) is 117 cm³/mol. The van der Waals surface area contributed by atoms with Crippen molar-refractivity contribution in [1.29, 1.82) is 0 Å². The fraction of sp³-hybridized carbons (Fsp3) is 0.143. The number of aliphatic carboxylic acids is 1. The first-order chi connectivity index (χ1) is 15.0. The Morgan fingerprint density at radius 1 is 1.16 bits per heavy atom. The molecule has 3 N–H and O–H groups in total. The number of H-pyrrole nitrogens is 1. The Morgan fingerprint density at radius 3 is 2.71 bits per heavy atom. The number of halogens is 1. The molecule has 0 spiro atoms. The lowest BCUT2D eigenvalue weighted by molar-refractivity contribution is -0.141. The summed E-state index contributed by atoms with van der Waals surface area (Å²) in [5.74, 6) is -1.29. The van der Waals surface area contributed by atoms with E-state index in [0.717, 1.165) is 28.2 Å². The van der Waals surface area contributed by atoms with Crippen LogP contribution in [0.2, 0.25) is 5.02 Å². The maximum atomic E-state index is 12.3. The van der Waals surface area contributed by atoms with Gasteiger partial charge in [0.1, 0.15) is 6.04 Å². The van der Waals surface area contributed by atoms with Gasteiger partial charge in [-0.3, -0.25) is 4.79 Å². The lowest BCUT2D eigenvalue weighted by Gasteiger charge is -2.13. The zero-order chi connectivity index (χ0) is 21.8. The van der Waals surface area contributed by atoms with E-state index >= 15 is 0 Å². The minimum atomic E-state index is -1.11. The van der Waals surface area contributed by atoms with Crippen molar-refractivity contribution in [2.24, 2.45) is 0 Å². The molecule has 0 saturated heterocycles. The smallest absolute Gasteiger partial charge is 0.326 e. The molecule has 10 heteroatoms. The lowest BCUT2D eigenvalue weighted by atomic mass is 10.1. The Kier molecular flexibility index (Phi) is 6.24. The maximum absolute atomic E-state index is 12.3.